The van der Waals surface area contributed by atoms with Crippen molar-refractivity contribution in [3.8, 4) is 0 Å². The molecule has 0 aromatic heterocycles. The molecule has 0 N–H and O–H groups in total. The second kappa shape index (κ2) is 6.59. The predicted octanol–water partition coefficient (Wildman–Crippen LogP) is 2.36. The highest BCUT2D eigenvalue weighted by Crippen LogP contribution is 2.16. The summed E-state index contributed by atoms with van der Waals surface area (Å²) in [6.07, 6.45) is 4.93. The SMILES string of the molecule is COC(=O)C1CC=CCCN(C(=O)OC(C)(C)C)C1. The van der Waals surface area contributed by atoms with Crippen molar-refractivity contribution in [2.24, 2.45) is 5.92 Å². The van der Waals surface area contributed by atoms with Gasteiger partial charge in [-0.05, 0) is 33.6 Å². The van der Waals surface area contributed by atoms with E-state index in [0.29, 0.717) is 19.5 Å². The van der Waals surface area contributed by atoms with Crippen LogP contribution in [0.3, 0.4) is 0 Å². The number of hydrogen-bond donors (Lipinski definition) is 0. The third-order valence-corrected chi connectivity index (χ3v) is 2.78. The molecule has 5 nitrogen and oxygen atoms in total. The van der Waals surface area contributed by atoms with E-state index < -0.39 is 5.60 Å². The summed E-state index contributed by atoms with van der Waals surface area (Å²) in [5.74, 6) is -0.617. The topological polar surface area (TPSA) is 55.8 Å². The molecule has 19 heavy (non-hydrogen) atoms. The largest absolute Gasteiger partial charge is 0.469 e. The molecular formula is C14H23NO4. The fraction of sp³-hybridized carbons (Fsp3) is 0.714. The summed E-state index contributed by atoms with van der Waals surface area (Å²) in [4.78, 5) is 25.3. The van der Waals surface area contributed by atoms with Gasteiger partial charge < -0.3 is 14.4 Å². The fourth-order valence-electron chi connectivity index (χ4n) is 1.87. The third kappa shape index (κ3) is 5.32. The minimum Gasteiger partial charge on any atom is -0.469 e. The first kappa shape index (κ1) is 15.5. The van der Waals surface area contributed by atoms with Crippen LogP contribution in [0.5, 0.6) is 0 Å². The normalized spacial score (nSPS) is 20.4. The molecule has 1 unspecified atom stereocenters. The van der Waals surface area contributed by atoms with Gasteiger partial charge in [0, 0.05) is 13.1 Å². The quantitative estimate of drug-likeness (QED) is 0.541. The summed E-state index contributed by atoms with van der Waals surface area (Å²) in [6.45, 7) is 6.37. The summed E-state index contributed by atoms with van der Waals surface area (Å²) in [5.41, 5.74) is -0.532. The summed E-state index contributed by atoms with van der Waals surface area (Å²) in [5, 5.41) is 0. The van der Waals surface area contributed by atoms with Crippen LogP contribution in [-0.2, 0) is 14.3 Å². The van der Waals surface area contributed by atoms with Gasteiger partial charge in [0.05, 0.1) is 13.0 Å². The number of ether oxygens (including phenoxy) is 2. The highest BCUT2D eigenvalue weighted by Gasteiger charge is 2.28. The number of carbonyl (C=O) groups excluding carboxylic acids is 2. The number of methoxy groups -OCH3 is 1. The van der Waals surface area contributed by atoms with Crippen LogP contribution in [0.15, 0.2) is 12.2 Å². The average Bonchev–Trinajstić information content (AvgIpc) is 2.25. The maximum Gasteiger partial charge on any atom is 0.410 e. The summed E-state index contributed by atoms with van der Waals surface area (Å²) in [7, 11) is 1.36. The van der Waals surface area contributed by atoms with Gasteiger partial charge in [-0.2, -0.15) is 0 Å². The first-order chi connectivity index (χ1) is 8.83. The number of rotatable bonds is 1. The Bertz CT molecular complexity index is 357. The van der Waals surface area contributed by atoms with E-state index in [0.717, 1.165) is 6.42 Å². The van der Waals surface area contributed by atoms with Crippen molar-refractivity contribution in [1.29, 1.82) is 0 Å². The smallest absolute Gasteiger partial charge is 0.410 e. The van der Waals surface area contributed by atoms with E-state index in [1.165, 1.54) is 7.11 Å². The minimum atomic E-state index is -0.532. The third-order valence-electron chi connectivity index (χ3n) is 2.78. The van der Waals surface area contributed by atoms with Crippen LogP contribution in [0.25, 0.3) is 0 Å². The molecule has 0 bridgehead atoms. The van der Waals surface area contributed by atoms with Crippen molar-refractivity contribution in [1.82, 2.24) is 4.90 Å². The highest BCUT2D eigenvalue weighted by atomic mass is 16.6. The lowest BCUT2D eigenvalue weighted by molar-refractivity contribution is -0.145. The maximum atomic E-state index is 12.1. The molecule has 1 atom stereocenters. The molecule has 0 saturated carbocycles. The number of amides is 1. The van der Waals surface area contributed by atoms with Crippen molar-refractivity contribution < 1.29 is 19.1 Å². The van der Waals surface area contributed by atoms with Crippen LogP contribution in [0, 0.1) is 5.92 Å². The Hall–Kier alpha value is -1.52. The van der Waals surface area contributed by atoms with Gasteiger partial charge in [0.2, 0.25) is 0 Å². The van der Waals surface area contributed by atoms with Crippen LogP contribution in [0.1, 0.15) is 33.6 Å². The van der Waals surface area contributed by atoms with Crippen molar-refractivity contribution in [3.63, 3.8) is 0 Å². The Balaban J connectivity index is 2.73. The maximum absolute atomic E-state index is 12.1. The molecule has 1 rings (SSSR count). The van der Waals surface area contributed by atoms with E-state index in [1.807, 2.05) is 32.9 Å². The zero-order valence-corrected chi connectivity index (χ0v) is 12.1. The lowest BCUT2D eigenvalue weighted by Crippen LogP contribution is -2.42. The number of hydrogen-bond acceptors (Lipinski definition) is 4. The number of allylic oxidation sites excluding steroid dienone is 1. The van der Waals surface area contributed by atoms with E-state index in [1.54, 1.807) is 4.90 Å². The average molecular weight is 269 g/mol. The van der Waals surface area contributed by atoms with Gasteiger partial charge >= 0.3 is 12.1 Å². The first-order valence-electron chi connectivity index (χ1n) is 6.54. The van der Waals surface area contributed by atoms with Gasteiger partial charge in [-0.15, -0.1) is 0 Å². The molecule has 1 heterocycles. The lowest BCUT2D eigenvalue weighted by Gasteiger charge is -2.30. The van der Waals surface area contributed by atoms with Gasteiger partial charge in [0.25, 0.3) is 0 Å². The molecule has 0 spiro atoms. The predicted molar refractivity (Wildman–Crippen MR) is 71.7 cm³/mol. The molecule has 0 fully saturated rings. The van der Waals surface area contributed by atoms with Crippen LogP contribution < -0.4 is 0 Å². The molecule has 1 aliphatic heterocycles. The van der Waals surface area contributed by atoms with E-state index in [2.05, 4.69) is 0 Å². The van der Waals surface area contributed by atoms with Crippen LogP contribution in [0.4, 0.5) is 4.79 Å². The Kier molecular flexibility index (Phi) is 5.39. The Morgan fingerprint density at radius 2 is 1.95 bits per heavy atom. The Labute approximate surface area is 114 Å². The molecule has 108 valence electrons. The van der Waals surface area contributed by atoms with Gasteiger partial charge in [-0.25, -0.2) is 4.79 Å². The van der Waals surface area contributed by atoms with Crippen molar-refractivity contribution >= 4 is 12.1 Å². The molecular weight excluding hydrogens is 246 g/mol. The van der Waals surface area contributed by atoms with Crippen molar-refractivity contribution in [2.75, 3.05) is 20.2 Å². The van der Waals surface area contributed by atoms with Gasteiger partial charge in [0.1, 0.15) is 5.60 Å². The number of esters is 1. The van der Waals surface area contributed by atoms with Gasteiger partial charge in [0.15, 0.2) is 0 Å². The highest BCUT2D eigenvalue weighted by molar-refractivity contribution is 5.74. The second-order valence-electron chi connectivity index (χ2n) is 5.64. The van der Waals surface area contributed by atoms with Crippen LogP contribution >= 0.6 is 0 Å². The molecule has 5 heteroatoms. The van der Waals surface area contributed by atoms with Crippen molar-refractivity contribution in [3.05, 3.63) is 12.2 Å². The monoisotopic (exact) mass is 269 g/mol. The van der Waals surface area contributed by atoms with E-state index in [-0.39, 0.29) is 18.0 Å². The van der Waals surface area contributed by atoms with E-state index in [9.17, 15) is 9.59 Å². The molecule has 0 aromatic rings. The molecule has 0 radical (unpaired) electrons. The van der Waals surface area contributed by atoms with E-state index >= 15 is 0 Å². The van der Waals surface area contributed by atoms with Gasteiger partial charge in [-0.3, -0.25) is 4.79 Å². The Morgan fingerprint density at radius 1 is 1.26 bits per heavy atom. The zero-order valence-electron chi connectivity index (χ0n) is 12.1. The number of nitrogens with zero attached hydrogens (tertiary/aromatic N) is 1. The van der Waals surface area contributed by atoms with E-state index in [4.69, 9.17) is 9.47 Å². The Morgan fingerprint density at radius 3 is 2.53 bits per heavy atom. The summed E-state index contributed by atoms with van der Waals surface area (Å²) < 4.78 is 10.1. The molecule has 1 aliphatic rings. The van der Waals surface area contributed by atoms with Crippen LogP contribution in [0.2, 0.25) is 0 Å². The lowest BCUT2D eigenvalue weighted by atomic mass is 10.0. The molecule has 0 aromatic carbocycles. The first-order valence-corrected chi connectivity index (χ1v) is 6.54. The fourth-order valence-corrected chi connectivity index (χ4v) is 1.87. The van der Waals surface area contributed by atoms with Crippen molar-refractivity contribution in [2.45, 2.75) is 39.2 Å². The summed E-state index contributed by atoms with van der Waals surface area (Å²) >= 11 is 0. The van der Waals surface area contributed by atoms with Gasteiger partial charge in [-0.1, -0.05) is 12.2 Å². The second-order valence-corrected chi connectivity index (χ2v) is 5.64. The van der Waals surface area contributed by atoms with Crippen LogP contribution in [-0.4, -0.2) is 42.8 Å². The summed E-state index contributed by atoms with van der Waals surface area (Å²) in [6, 6.07) is 0. The minimum absolute atomic E-state index is 0.292. The number of carbonyl (C=O) groups is 2. The molecule has 0 aliphatic carbocycles. The zero-order chi connectivity index (χ0) is 14.5. The molecule has 1 amide bonds. The molecule has 0 saturated heterocycles. The standard InChI is InChI=1S/C14H23NO4/c1-14(2,3)19-13(17)15-9-7-5-6-8-11(10-15)12(16)18-4/h5-6,11H,7-10H2,1-4H3.